The molecule has 0 bridgehead atoms. The fraction of sp³-hybridized carbons (Fsp3) is 0.500. The van der Waals surface area contributed by atoms with Crippen LogP contribution < -0.4 is 5.06 Å². The molecule has 14 heavy (non-hydrogen) atoms. The van der Waals surface area contributed by atoms with E-state index in [4.69, 9.17) is 0 Å². The molecule has 0 aliphatic rings. The van der Waals surface area contributed by atoms with Crippen molar-refractivity contribution in [2.45, 2.75) is 26.2 Å². The summed E-state index contributed by atoms with van der Waals surface area (Å²) in [6.07, 6.45) is 3.04. The lowest BCUT2D eigenvalue weighted by atomic mass is 10.1. The second-order valence-corrected chi connectivity index (χ2v) is 3.63. The van der Waals surface area contributed by atoms with E-state index in [0.29, 0.717) is 11.6 Å². The molecular formula is C12H19NO. The van der Waals surface area contributed by atoms with Crippen LogP contribution in [0.5, 0.6) is 0 Å². The van der Waals surface area contributed by atoms with Crippen LogP contribution in [0.1, 0.15) is 25.3 Å². The molecular weight excluding hydrogens is 174 g/mol. The maximum absolute atomic E-state index is 11.4. The molecule has 2 heteroatoms. The van der Waals surface area contributed by atoms with E-state index in [1.165, 1.54) is 5.56 Å². The van der Waals surface area contributed by atoms with Crippen LogP contribution >= 0.6 is 0 Å². The SMILES string of the molecule is CCCC[NH+]([O-])CCc1ccccc1. The smallest absolute Gasteiger partial charge is 0.0809 e. The number of quaternary nitrogens is 1. The van der Waals surface area contributed by atoms with Crippen molar-refractivity contribution in [3.63, 3.8) is 0 Å². The van der Waals surface area contributed by atoms with Gasteiger partial charge in [0.05, 0.1) is 13.1 Å². The average Bonchev–Trinajstić information content (AvgIpc) is 2.25. The fourth-order valence-electron chi connectivity index (χ4n) is 1.43. The van der Waals surface area contributed by atoms with Gasteiger partial charge in [-0.3, -0.25) is 0 Å². The van der Waals surface area contributed by atoms with Gasteiger partial charge >= 0.3 is 0 Å². The predicted octanol–water partition coefficient (Wildman–Crippen LogP) is 1.41. The average molecular weight is 193 g/mol. The molecule has 2 nitrogen and oxygen atoms in total. The number of benzene rings is 1. The third-order valence-electron chi connectivity index (χ3n) is 2.34. The third kappa shape index (κ3) is 4.40. The zero-order chi connectivity index (χ0) is 10.2. The second kappa shape index (κ2) is 6.57. The quantitative estimate of drug-likeness (QED) is 0.680. The largest absolute Gasteiger partial charge is 0.634 e. The normalized spacial score (nSPS) is 12.7. The first kappa shape index (κ1) is 11.2. The van der Waals surface area contributed by atoms with E-state index >= 15 is 0 Å². The lowest BCUT2D eigenvalue weighted by Gasteiger charge is -2.21. The van der Waals surface area contributed by atoms with Gasteiger partial charge in [0.25, 0.3) is 0 Å². The van der Waals surface area contributed by atoms with Gasteiger partial charge in [0.15, 0.2) is 0 Å². The fourth-order valence-corrected chi connectivity index (χ4v) is 1.43. The Bertz CT molecular complexity index is 235. The van der Waals surface area contributed by atoms with Crippen LogP contribution in [0, 0.1) is 5.21 Å². The Kier molecular flexibility index (Phi) is 5.27. The molecule has 0 fully saturated rings. The molecule has 0 heterocycles. The van der Waals surface area contributed by atoms with Crippen LogP contribution in [0.25, 0.3) is 0 Å². The summed E-state index contributed by atoms with van der Waals surface area (Å²) in [7, 11) is 0. The summed E-state index contributed by atoms with van der Waals surface area (Å²) in [6, 6.07) is 10.2. The van der Waals surface area contributed by atoms with Crippen LogP contribution in [-0.2, 0) is 6.42 Å². The van der Waals surface area contributed by atoms with Gasteiger partial charge in [0.2, 0.25) is 0 Å². The Morgan fingerprint density at radius 1 is 1.14 bits per heavy atom. The van der Waals surface area contributed by atoms with Gasteiger partial charge in [-0.2, -0.15) is 0 Å². The highest BCUT2D eigenvalue weighted by molar-refractivity contribution is 5.14. The minimum Gasteiger partial charge on any atom is -0.634 e. The molecule has 0 aliphatic heterocycles. The Morgan fingerprint density at radius 2 is 1.86 bits per heavy atom. The third-order valence-corrected chi connectivity index (χ3v) is 2.34. The maximum atomic E-state index is 11.4. The lowest BCUT2D eigenvalue weighted by molar-refractivity contribution is -0.848. The zero-order valence-corrected chi connectivity index (χ0v) is 8.83. The number of rotatable bonds is 6. The number of nitrogens with one attached hydrogen (secondary N) is 1. The second-order valence-electron chi connectivity index (χ2n) is 3.63. The molecule has 78 valence electrons. The monoisotopic (exact) mass is 193 g/mol. The molecule has 0 saturated heterocycles. The van der Waals surface area contributed by atoms with Crippen molar-refractivity contribution in [2.75, 3.05) is 13.1 Å². The molecule has 1 aromatic rings. The van der Waals surface area contributed by atoms with E-state index in [9.17, 15) is 5.21 Å². The van der Waals surface area contributed by atoms with Gasteiger partial charge in [-0.05, 0) is 12.0 Å². The van der Waals surface area contributed by atoms with Gasteiger partial charge in [-0.25, -0.2) is 0 Å². The van der Waals surface area contributed by atoms with Crippen molar-refractivity contribution in [3.05, 3.63) is 41.1 Å². The summed E-state index contributed by atoms with van der Waals surface area (Å²) in [5.41, 5.74) is 1.26. The minimum absolute atomic E-state index is 0.399. The van der Waals surface area contributed by atoms with E-state index in [0.717, 1.165) is 25.8 Å². The van der Waals surface area contributed by atoms with Gasteiger partial charge < -0.3 is 10.3 Å². The Morgan fingerprint density at radius 3 is 2.50 bits per heavy atom. The summed E-state index contributed by atoms with van der Waals surface area (Å²) in [5, 5.41) is 11.8. The standard InChI is InChI=1S/C12H19NO/c1-2-3-10-13(14)11-9-12-7-5-4-6-8-12/h4-8,13H,2-3,9-11H2,1H3. The molecule has 0 aliphatic carbocycles. The van der Waals surface area contributed by atoms with Crippen LogP contribution in [0.4, 0.5) is 0 Å². The maximum Gasteiger partial charge on any atom is 0.0809 e. The first-order chi connectivity index (χ1) is 6.83. The van der Waals surface area contributed by atoms with Crippen molar-refractivity contribution >= 4 is 0 Å². The zero-order valence-electron chi connectivity index (χ0n) is 8.83. The van der Waals surface area contributed by atoms with E-state index < -0.39 is 0 Å². The van der Waals surface area contributed by atoms with Gasteiger partial charge in [0.1, 0.15) is 0 Å². The van der Waals surface area contributed by atoms with Crippen LogP contribution in [0.15, 0.2) is 30.3 Å². The highest BCUT2D eigenvalue weighted by Crippen LogP contribution is 1.97. The molecule has 0 aromatic heterocycles. The van der Waals surface area contributed by atoms with Crippen LogP contribution in [-0.4, -0.2) is 13.1 Å². The Hall–Kier alpha value is -0.860. The number of unbranched alkanes of at least 4 members (excludes halogenated alkanes) is 1. The first-order valence-corrected chi connectivity index (χ1v) is 5.38. The van der Waals surface area contributed by atoms with E-state index in [1.54, 1.807) is 0 Å². The van der Waals surface area contributed by atoms with E-state index in [2.05, 4.69) is 19.1 Å². The highest BCUT2D eigenvalue weighted by atomic mass is 16.5. The molecule has 1 rings (SSSR count). The van der Waals surface area contributed by atoms with Gasteiger partial charge in [-0.1, -0.05) is 43.7 Å². The van der Waals surface area contributed by atoms with Crippen molar-refractivity contribution in [2.24, 2.45) is 0 Å². The highest BCUT2D eigenvalue weighted by Gasteiger charge is 1.97. The predicted molar refractivity (Wildman–Crippen MR) is 59.1 cm³/mol. The molecule has 0 saturated carbocycles. The minimum atomic E-state index is 0.399. The summed E-state index contributed by atoms with van der Waals surface area (Å²) < 4.78 is 0. The van der Waals surface area contributed by atoms with Crippen molar-refractivity contribution in [3.8, 4) is 0 Å². The lowest BCUT2D eigenvalue weighted by Crippen LogP contribution is -3.07. The van der Waals surface area contributed by atoms with Crippen molar-refractivity contribution < 1.29 is 5.06 Å². The Labute approximate surface area is 86.1 Å². The number of hydrogen-bond donors (Lipinski definition) is 1. The molecule has 1 N–H and O–H groups in total. The van der Waals surface area contributed by atoms with Gasteiger partial charge in [-0.15, -0.1) is 0 Å². The summed E-state index contributed by atoms with van der Waals surface area (Å²) in [4.78, 5) is 0. The van der Waals surface area contributed by atoms with Crippen LogP contribution in [0.2, 0.25) is 0 Å². The molecule has 0 amide bonds. The van der Waals surface area contributed by atoms with E-state index in [1.807, 2.05) is 18.2 Å². The first-order valence-electron chi connectivity index (χ1n) is 5.38. The van der Waals surface area contributed by atoms with E-state index in [-0.39, 0.29) is 0 Å². The number of hydroxylamine groups is 2. The molecule has 1 atom stereocenters. The van der Waals surface area contributed by atoms with Crippen LogP contribution in [0.3, 0.4) is 0 Å². The molecule has 1 aromatic carbocycles. The summed E-state index contributed by atoms with van der Waals surface area (Å²) >= 11 is 0. The summed E-state index contributed by atoms with van der Waals surface area (Å²) in [5.74, 6) is 0. The molecule has 0 spiro atoms. The number of hydrogen-bond acceptors (Lipinski definition) is 1. The van der Waals surface area contributed by atoms with Crippen molar-refractivity contribution in [1.82, 2.24) is 0 Å². The molecule has 1 unspecified atom stereocenters. The summed E-state index contributed by atoms with van der Waals surface area (Å²) in [6.45, 7) is 3.57. The Balaban J connectivity index is 2.20. The van der Waals surface area contributed by atoms with Gasteiger partial charge in [0, 0.05) is 6.42 Å². The topological polar surface area (TPSA) is 27.5 Å². The molecule has 0 radical (unpaired) electrons. The van der Waals surface area contributed by atoms with Crippen molar-refractivity contribution in [1.29, 1.82) is 0 Å².